The Labute approximate surface area is 127 Å². The van der Waals surface area contributed by atoms with Crippen LogP contribution in [0.15, 0.2) is 4.79 Å². The van der Waals surface area contributed by atoms with Gasteiger partial charge in [0.2, 0.25) is 0 Å². The molecule has 1 fully saturated rings. The number of rotatable bonds is 3. The highest BCUT2D eigenvalue weighted by Gasteiger charge is 2.34. The number of carbonyl (C=O) groups is 1. The number of carbonyl (C=O) groups excluding carboxylic acids is 1. The fourth-order valence-corrected chi connectivity index (χ4v) is 2.77. The minimum absolute atomic E-state index is 0.00644. The van der Waals surface area contributed by atoms with Crippen molar-refractivity contribution in [3.8, 4) is 6.07 Å². The van der Waals surface area contributed by atoms with Crippen LogP contribution in [0.25, 0.3) is 12.7 Å². The lowest BCUT2D eigenvalue weighted by Gasteiger charge is -2.40. The van der Waals surface area contributed by atoms with Crippen molar-refractivity contribution in [3.63, 3.8) is 0 Å². The van der Waals surface area contributed by atoms with Crippen molar-refractivity contribution in [2.45, 2.75) is 6.92 Å². The Morgan fingerprint density at radius 3 is 2.67 bits per heavy atom. The number of hydrogen-bond acceptors (Lipinski definition) is 4. The van der Waals surface area contributed by atoms with E-state index in [1.165, 1.54) is 4.57 Å². The summed E-state index contributed by atoms with van der Waals surface area (Å²) in [6, 6.07) is 1.98. The van der Waals surface area contributed by atoms with Crippen LogP contribution in [0.4, 0.5) is 5.69 Å². The molecular weight excluding hydrogens is 290 g/mol. The Kier molecular flexibility index (Phi) is 4.19. The van der Waals surface area contributed by atoms with Crippen molar-refractivity contribution in [2.24, 2.45) is 13.0 Å². The summed E-state index contributed by atoms with van der Waals surface area (Å²) in [6.07, 6.45) is 1.83. The molecule has 0 N–H and O–H groups in total. The van der Waals surface area contributed by atoms with Crippen LogP contribution in [0, 0.1) is 17.2 Å². The van der Waals surface area contributed by atoms with Crippen molar-refractivity contribution in [1.29, 1.82) is 5.26 Å². The van der Waals surface area contributed by atoms with Gasteiger partial charge in [-0.15, -0.1) is 11.6 Å². The van der Waals surface area contributed by atoms with Gasteiger partial charge in [-0.1, -0.05) is 12.7 Å². The second-order valence-corrected chi connectivity index (χ2v) is 5.32. The molecule has 0 unspecified atom stereocenters. The first-order valence-corrected chi connectivity index (χ1v) is 7.11. The van der Waals surface area contributed by atoms with E-state index in [9.17, 15) is 14.9 Å². The second kappa shape index (κ2) is 5.74. The Balaban J connectivity index is 2.57. The number of anilines is 1. The molecule has 0 atom stereocenters. The zero-order chi connectivity index (χ0) is 15.7. The summed E-state index contributed by atoms with van der Waals surface area (Å²) in [4.78, 5) is 25.6. The summed E-state index contributed by atoms with van der Waals surface area (Å²) in [6.45, 7) is 6.70. The van der Waals surface area contributed by atoms with E-state index in [1.807, 2.05) is 24.0 Å². The van der Waals surface area contributed by atoms with E-state index < -0.39 is 0 Å². The van der Waals surface area contributed by atoms with Gasteiger partial charge in [0.1, 0.15) is 11.6 Å². The quantitative estimate of drug-likeness (QED) is 0.720. The summed E-state index contributed by atoms with van der Waals surface area (Å²) in [5.41, 5.74) is 0.303. The smallest absolute Gasteiger partial charge is 0.270 e. The minimum Gasteiger partial charge on any atom is -0.368 e. The van der Waals surface area contributed by atoms with Gasteiger partial charge in [0.05, 0.1) is 17.5 Å². The molecule has 0 aliphatic carbocycles. The minimum atomic E-state index is -0.366. The SMILES string of the molecule is C=c1c(=CC)c(N2CC(C(=O)CCl)C2)c(C#N)c(=O)n1C. The molecule has 0 radical (unpaired) electrons. The van der Waals surface area contributed by atoms with E-state index in [-0.39, 0.29) is 28.7 Å². The van der Waals surface area contributed by atoms with Gasteiger partial charge < -0.3 is 9.47 Å². The van der Waals surface area contributed by atoms with Crippen LogP contribution in [0.5, 0.6) is 0 Å². The van der Waals surface area contributed by atoms with Gasteiger partial charge in [-0.05, 0) is 6.92 Å². The molecule has 0 bridgehead atoms. The molecule has 1 aromatic heterocycles. The number of Topliss-reactive ketones (excluding diaryl/α,β-unsaturated/α-hetero) is 1. The van der Waals surface area contributed by atoms with Gasteiger partial charge in [-0.2, -0.15) is 5.26 Å². The number of ketones is 1. The van der Waals surface area contributed by atoms with Crippen LogP contribution in [-0.2, 0) is 11.8 Å². The van der Waals surface area contributed by atoms with Crippen LogP contribution in [0.1, 0.15) is 12.5 Å². The van der Waals surface area contributed by atoms with Gasteiger partial charge in [-0.3, -0.25) is 9.59 Å². The Morgan fingerprint density at radius 2 is 2.19 bits per heavy atom. The monoisotopic (exact) mass is 305 g/mol. The molecule has 0 aromatic carbocycles. The van der Waals surface area contributed by atoms with Gasteiger partial charge in [0, 0.05) is 30.7 Å². The molecule has 5 nitrogen and oxygen atoms in total. The van der Waals surface area contributed by atoms with Crippen LogP contribution < -0.4 is 21.0 Å². The fraction of sp³-hybridized carbons (Fsp3) is 0.400. The first-order chi connectivity index (χ1) is 9.96. The van der Waals surface area contributed by atoms with Crippen molar-refractivity contribution < 1.29 is 4.79 Å². The summed E-state index contributed by atoms with van der Waals surface area (Å²) < 4.78 is 1.37. The molecule has 1 aliphatic heterocycles. The van der Waals surface area contributed by atoms with Gasteiger partial charge in [0.15, 0.2) is 5.78 Å². The van der Waals surface area contributed by atoms with Crippen molar-refractivity contribution >= 4 is 35.7 Å². The number of nitrogens with zero attached hydrogens (tertiary/aromatic N) is 3. The maximum absolute atomic E-state index is 12.2. The molecule has 1 saturated heterocycles. The average molecular weight is 306 g/mol. The van der Waals surface area contributed by atoms with Crippen LogP contribution in [-0.4, -0.2) is 29.3 Å². The highest BCUT2D eigenvalue weighted by Crippen LogP contribution is 2.23. The summed E-state index contributed by atoms with van der Waals surface area (Å²) in [7, 11) is 1.60. The normalized spacial score (nSPS) is 15.7. The fourth-order valence-electron chi connectivity index (χ4n) is 2.55. The molecule has 2 heterocycles. The maximum atomic E-state index is 12.2. The highest BCUT2D eigenvalue weighted by atomic mass is 35.5. The van der Waals surface area contributed by atoms with Gasteiger partial charge in [-0.25, -0.2) is 0 Å². The summed E-state index contributed by atoms with van der Waals surface area (Å²) in [5.74, 6) is -0.142. The number of nitriles is 1. The van der Waals surface area contributed by atoms with E-state index in [0.29, 0.717) is 24.1 Å². The first-order valence-electron chi connectivity index (χ1n) is 6.58. The molecule has 0 spiro atoms. The molecule has 1 aromatic rings. The number of aromatic nitrogens is 1. The molecule has 1 aliphatic rings. The van der Waals surface area contributed by atoms with Crippen LogP contribution in [0.2, 0.25) is 0 Å². The van der Waals surface area contributed by atoms with Crippen LogP contribution >= 0.6 is 11.6 Å². The highest BCUT2D eigenvalue weighted by molar-refractivity contribution is 6.28. The lowest BCUT2D eigenvalue weighted by molar-refractivity contribution is -0.121. The summed E-state index contributed by atoms with van der Waals surface area (Å²) in [5, 5.41) is 10.6. The van der Waals surface area contributed by atoms with Gasteiger partial charge in [0.25, 0.3) is 5.56 Å². The second-order valence-electron chi connectivity index (χ2n) is 5.05. The van der Waals surface area contributed by atoms with E-state index in [4.69, 9.17) is 11.6 Å². The molecule has 110 valence electrons. The van der Waals surface area contributed by atoms with Crippen molar-refractivity contribution in [1.82, 2.24) is 4.57 Å². The zero-order valence-electron chi connectivity index (χ0n) is 12.0. The van der Waals surface area contributed by atoms with Gasteiger partial charge >= 0.3 is 0 Å². The molecule has 6 heteroatoms. The molecule has 0 amide bonds. The Hall–Kier alpha value is -2.06. The predicted molar refractivity (Wildman–Crippen MR) is 82.7 cm³/mol. The lowest BCUT2D eigenvalue weighted by atomic mass is 9.94. The predicted octanol–water partition coefficient (Wildman–Crippen LogP) is -0.288. The molecule has 0 saturated carbocycles. The van der Waals surface area contributed by atoms with E-state index in [0.717, 1.165) is 5.22 Å². The van der Waals surface area contributed by atoms with E-state index >= 15 is 0 Å². The first kappa shape index (κ1) is 15.3. The lowest BCUT2D eigenvalue weighted by Crippen LogP contribution is -2.56. The standard InChI is InChI=1S/C15H16ClN3O2/c1-4-11-9(2)18(3)15(21)12(6-17)14(11)19-7-10(8-19)13(20)5-16/h4,10H,2,5,7-8H2,1,3H3. The van der Waals surface area contributed by atoms with E-state index in [2.05, 4.69) is 6.58 Å². The third-order valence-electron chi connectivity index (χ3n) is 3.91. The maximum Gasteiger partial charge on any atom is 0.270 e. The Bertz CT molecular complexity index is 798. The molecule has 2 rings (SSSR count). The number of pyridine rings is 1. The third kappa shape index (κ3) is 2.36. The third-order valence-corrected chi connectivity index (χ3v) is 4.17. The van der Waals surface area contributed by atoms with Crippen LogP contribution in [0.3, 0.4) is 0 Å². The average Bonchev–Trinajstić information content (AvgIpc) is 2.43. The number of alkyl halides is 1. The molecular formula is C15H16ClN3O2. The van der Waals surface area contributed by atoms with Crippen molar-refractivity contribution in [3.05, 3.63) is 26.5 Å². The largest absolute Gasteiger partial charge is 0.368 e. The van der Waals surface area contributed by atoms with Crippen molar-refractivity contribution in [2.75, 3.05) is 23.9 Å². The zero-order valence-corrected chi connectivity index (χ0v) is 12.8. The number of halogens is 1. The topological polar surface area (TPSA) is 66.1 Å². The summed E-state index contributed by atoms with van der Waals surface area (Å²) >= 11 is 5.55. The number of hydrogen-bond donors (Lipinski definition) is 0. The molecule has 21 heavy (non-hydrogen) atoms. The Morgan fingerprint density at radius 1 is 1.57 bits per heavy atom. The van der Waals surface area contributed by atoms with E-state index in [1.54, 1.807) is 7.05 Å².